The number of likely N-dealkylation sites (tertiary alicyclic amines) is 1. The minimum atomic E-state index is -0.101. The first kappa shape index (κ1) is 15.6. The minimum Gasteiger partial charge on any atom is -0.339 e. The van der Waals surface area contributed by atoms with Gasteiger partial charge in [-0.25, -0.2) is 4.98 Å². The number of carbonyl (C=O) groups excluding carboxylic acids is 2. The fourth-order valence-electron chi connectivity index (χ4n) is 3.29. The van der Waals surface area contributed by atoms with E-state index in [1.54, 1.807) is 34.9 Å². The number of nitrogens with zero attached hydrogens (tertiary/aromatic N) is 3. The summed E-state index contributed by atoms with van der Waals surface area (Å²) in [4.78, 5) is 31.4. The number of ketones is 1. The number of carbonyl (C=O) groups is 2. The van der Waals surface area contributed by atoms with Crippen molar-refractivity contribution < 1.29 is 9.59 Å². The normalized spacial score (nSPS) is 14.6. The zero-order valence-corrected chi connectivity index (χ0v) is 13.9. The lowest BCUT2D eigenvalue weighted by molar-refractivity contribution is 0.0724. The Labute approximate surface area is 145 Å². The first-order valence-corrected chi connectivity index (χ1v) is 8.60. The Bertz CT molecular complexity index is 922. The predicted octanol–water partition coefficient (Wildman–Crippen LogP) is 3.19. The van der Waals surface area contributed by atoms with Crippen molar-refractivity contribution in [3.63, 3.8) is 0 Å². The standard InChI is InChI=1S/C20H19N3O2/c24-19(17-14-21-18-6-2-5-13-23(17)18)15-7-9-16(10-8-15)20(25)22-11-3-1-4-12-22/h2,5-10,13-14H,1,3-4,11-12H2. The first-order valence-electron chi connectivity index (χ1n) is 8.60. The van der Waals surface area contributed by atoms with Crippen LogP contribution in [0.3, 0.4) is 0 Å². The molecule has 0 aliphatic carbocycles. The van der Waals surface area contributed by atoms with Gasteiger partial charge in [-0.3, -0.25) is 14.0 Å². The molecule has 5 nitrogen and oxygen atoms in total. The van der Waals surface area contributed by atoms with E-state index in [1.807, 2.05) is 29.3 Å². The number of imidazole rings is 1. The van der Waals surface area contributed by atoms with Crippen molar-refractivity contribution in [1.82, 2.24) is 14.3 Å². The van der Waals surface area contributed by atoms with Crippen molar-refractivity contribution in [2.45, 2.75) is 19.3 Å². The van der Waals surface area contributed by atoms with E-state index in [0.29, 0.717) is 16.8 Å². The Morgan fingerprint density at radius 2 is 1.60 bits per heavy atom. The molecule has 1 fully saturated rings. The molecular formula is C20H19N3O2. The summed E-state index contributed by atoms with van der Waals surface area (Å²) in [5.41, 5.74) is 2.45. The maximum atomic E-state index is 12.7. The zero-order valence-electron chi connectivity index (χ0n) is 13.9. The van der Waals surface area contributed by atoms with Crippen molar-refractivity contribution in [3.8, 4) is 0 Å². The molecule has 5 heteroatoms. The molecule has 1 amide bonds. The first-order chi connectivity index (χ1) is 12.2. The number of hydrogen-bond acceptors (Lipinski definition) is 3. The van der Waals surface area contributed by atoms with Gasteiger partial charge in [0.15, 0.2) is 0 Å². The van der Waals surface area contributed by atoms with Crippen LogP contribution < -0.4 is 0 Å². The summed E-state index contributed by atoms with van der Waals surface area (Å²) in [7, 11) is 0. The fraction of sp³-hybridized carbons (Fsp3) is 0.250. The Hall–Kier alpha value is -2.95. The van der Waals surface area contributed by atoms with Gasteiger partial charge in [-0.15, -0.1) is 0 Å². The van der Waals surface area contributed by atoms with E-state index >= 15 is 0 Å². The van der Waals surface area contributed by atoms with Crippen molar-refractivity contribution in [2.24, 2.45) is 0 Å². The summed E-state index contributed by atoms with van der Waals surface area (Å²) in [6.45, 7) is 1.64. The van der Waals surface area contributed by atoms with Gasteiger partial charge >= 0.3 is 0 Å². The molecule has 4 rings (SSSR count). The smallest absolute Gasteiger partial charge is 0.253 e. The van der Waals surface area contributed by atoms with Crippen LogP contribution in [0.1, 0.15) is 45.7 Å². The molecule has 0 saturated carbocycles. The van der Waals surface area contributed by atoms with E-state index in [9.17, 15) is 9.59 Å². The summed E-state index contributed by atoms with van der Waals surface area (Å²) in [6, 6.07) is 12.5. The van der Waals surface area contributed by atoms with Crippen molar-refractivity contribution in [1.29, 1.82) is 0 Å². The zero-order chi connectivity index (χ0) is 17.2. The highest BCUT2D eigenvalue weighted by Gasteiger charge is 2.19. The molecule has 126 valence electrons. The lowest BCUT2D eigenvalue weighted by Gasteiger charge is -2.26. The Kier molecular flexibility index (Phi) is 4.06. The quantitative estimate of drug-likeness (QED) is 0.692. The van der Waals surface area contributed by atoms with Gasteiger partial charge in [-0.05, 0) is 43.5 Å². The highest BCUT2D eigenvalue weighted by atomic mass is 16.2. The van der Waals surface area contributed by atoms with Crippen LogP contribution in [0.2, 0.25) is 0 Å². The molecule has 1 saturated heterocycles. The van der Waals surface area contributed by atoms with Gasteiger partial charge in [0.1, 0.15) is 11.3 Å². The van der Waals surface area contributed by atoms with Crippen LogP contribution >= 0.6 is 0 Å². The molecule has 0 unspecified atom stereocenters. The third-order valence-corrected chi connectivity index (χ3v) is 4.69. The van der Waals surface area contributed by atoms with Crippen LogP contribution in [0.4, 0.5) is 0 Å². The molecule has 1 aliphatic rings. The van der Waals surface area contributed by atoms with Gasteiger partial charge in [0.25, 0.3) is 5.91 Å². The maximum Gasteiger partial charge on any atom is 0.253 e. The summed E-state index contributed by atoms with van der Waals surface area (Å²) >= 11 is 0. The van der Waals surface area contributed by atoms with E-state index in [2.05, 4.69) is 4.98 Å². The predicted molar refractivity (Wildman–Crippen MR) is 94.8 cm³/mol. The summed E-state index contributed by atoms with van der Waals surface area (Å²) in [5, 5.41) is 0. The molecule has 3 aromatic rings. The van der Waals surface area contributed by atoms with Crippen molar-refractivity contribution >= 4 is 17.3 Å². The Morgan fingerprint density at radius 1 is 0.880 bits per heavy atom. The van der Waals surface area contributed by atoms with Gasteiger partial charge in [0.2, 0.25) is 5.78 Å². The van der Waals surface area contributed by atoms with E-state index in [-0.39, 0.29) is 11.7 Å². The third-order valence-electron chi connectivity index (χ3n) is 4.69. The molecule has 0 radical (unpaired) electrons. The highest BCUT2D eigenvalue weighted by Crippen LogP contribution is 2.16. The number of hydrogen-bond donors (Lipinski definition) is 0. The SMILES string of the molecule is O=C(c1ccc(C(=O)N2CCCCC2)cc1)c1cnc2ccccn12. The molecule has 0 spiro atoms. The monoisotopic (exact) mass is 333 g/mol. The van der Waals surface area contributed by atoms with Crippen molar-refractivity contribution in [3.05, 3.63) is 71.7 Å². The Morgan fingerprint density at radius 3 is 2.36 bits per heavy atom. The third kappa shape index (κ3) is 2.93. The van der Waals surface area contributed by atoms with Gasteiger partial charge in [-0.1, -0.05) is 18.2 Å². The second-order valence-electron chi connectivity index (χ2n) is 6.33. The average Bonchev–Trinajstić information content (AvgIpc) is 3.12. The number of rotatable bonds is 3. The topological polar surface area (TPSA) is 54.7 Å². The Balaban J connectivity index is 1.57. The lowest BCUT2D eigenvalue weighted by Crippen LogP contribution is -2.35. The summed E-state index contributed by atoms with van der Waals surface area (Å²) < 4.78 is 1.77. The minimum absolute atomic E-state index is 0.0495. The van der Waals surface area contributed by atoms with E-state index in [0.717, 1.165) is 31.6 Å². The molecule has 3 heterocycles. The van der Waals surface area contributed by atoms with Gasteiger partial charge in [-0.2, -0.15) is 0 Å². The van der Waals surface area contributed by atoms with E-state index in [4.69, 9.17) is 0 Å². The highest BCUT2D eigenvalue weighted by molar-refractivity contribution is 6.08. The maximum absolute atomic E-state index is 12.7. The number of amides is 1. The van der Waals surface area contributed by atoms with Crippen LogP contribution in [0.5, 0.6) is 0 Å². The van der Waals surface area contributed by atoms with Crippen LogP contribution in [0, 0.1) is 0 Å². The molecule has 1 aromatic carbocycles. The lowest BCUT2D eigenvalue weighted by atomic mass is 10.0. The molecule has 0 bridgehead atoms. The summed E-state index contributed by atoms with van der Waals surface area (Å²) in [5.74, 6) is -0.0517. The molecule has 2 aromatic heterocycles. The van der Waals surface area contributed by atoms with Gasteiger partial charge in [0, 0.05) is 30.4 Å². The molecule has 0 atom stereocenters. The number of piperidine rings is 1. The molecule has 1 aliphatic heterocycles. The van der Waals surface area contributed by atoms with Crippen LogP contribution in [-0.2, 0) is 0 Å². The number of pyridine rings is 1. The van der Waals surface area contributed by atoms with Crippen LogP contribution in [0.15, 0.2) is 54.9 Å². The van der Waals surface area contributed by atoms with E-state index in [1.165, 1.54) is 6.42 Å². The van der Waals surface area contributed by atoms with Gasteiger partial charge < -0.3 is 4.90 Å². The fourth-order valence-corrected chi connectivity index (χ4v) is 3.29. The van der Waals surface area contributed by atoms with Crippen LogP contribution in [0.25, 0.3) is 5.65 Å². The molecular weight excluding hydrogens is 314 g/mol. The second-order valence-corrected chi connectivity index (χ2v) is 6.33. The number of benzene rings is 1. The van der Waals surface area contributed by atoms with Gasteiger partial charge in [0.05, 0.1) is 6.20 Å². The molecule has 0 N–H and O–H groups in total. The van der Waals surface area contributed by atoms with Crippen molar-refractivity contribution in [2.75, 3.05) is 13.1 Å². The average molecular weight is 333 g/mol. The number of aromatic nitrogens is 2. The van der Waals surface area contributed by atoms with Crippen LogP contribution in [-0.4, -0.2) is 39.1 Å². The largest absolute Gasteiger partial charge is 0.339 e. The summed E-state index contributed by atoms with van der Waals surface area (Å²) in [6.07, 6.45) is 6.73. The molecule has 25 heavy (non-hydrogen) atoms. The number of fused-ring (bicyclic) bond motifs is 1. The second kappa shape index (κ2) is 6.51. The van der Waals surface area contributed by atoms with E-state index < -0.39 is 0 Å².